The molecule has 0 atom stereocenters. The monoisotopic (exact) mass is 564 g/mol. The smallest absolute Gasteiger partial charge is 0.319 e. The number of amides is 1. The highest BCUT2D eigenvalue weighted by Gasteiger charge is 2.36. The lowest BCUT2D eigenvalue weighted by Gasteiger charge is -2.13. The topological polar surface area (TPSA) is 77.1 Å². The van der Waals surface area contributed by atoms with Gasteiger partial charge in [-0.25, -0.2) is 13.9 Å². The molecule has 7 nitrogen and oxygen atoms in total. The van der Waals surface area contributed by atoms with Crippen LogP contribution >= 0.6 is 11.6 Å². The summed E-state index contributed by atoms with van der Waals surface area (Å²) in [5, 5.41) is 12.4. The van der Waals surface area contributed by atoms with Crippen LogP contribution in [0.5, 0.6) is 0 Å². The molecule has 0 saturated heterocycles. The lowest BCUT2D eigenvalue weighted by molar-refractivity contribution is -0.142. The van der Waals surface area contributed by atoms with Crippen LogP contribution in [0.4, 0.5) is 23.2 Å². The molecule has 3 heterocycles. The third-order valence-corrected chi connectivity index (χ3v) is 6.66. The molecule has 0 aliphatic carbocycles. The zero-order chi connectivity index (χ0) is 28.0. The molecule has 3 aromatic carbocycles. The van der Waals surface area contributed by atoms with Gasteiger partial charge in [0.25, 0.3) is 5.91 Å². The van der Waals surface area contributed by atoms with Crippen LogP contribution in [0.25, 0.3) is 27.7 Å². The van der Waals surface area contributed by atoms with E-state index in [9.17, 15) is 22.4 Å². The predicted molar refractivity (Wildman–Crippen MR) is 142 cm³/mol. The molecule has 200 valence electrons. The first-order valence-electron chi connectivity index (χ1n) is 11.9. The normalized spacial score (nSPS) is 11.8. The number of carbonyl (C=O) groups is 1. The van der Waals surface area contributed by atoms with E-state index in [-0.39, 0.29) is 34.2 Å². The van der Waals surface area contributed by atoms with Crippen molar-refractivity contribution in [3.05, 3.63) is 113 Å². The standard InChI is InChI=1S/C28H17ClF4N6O/c29-23-10-18(30)9-8-17(23)14-38-15-19(12-34-38)36-27(40)22-13-35-39-25(28(31,32)33)11-24(37-26(22)39)21-7-3-5-16-4-1-2-6-20(16)21/h1-13,15H,14H2,(H,36,40). The van der Waals surface area contributed by atoms with E-state index in [1.54, 1.807) is 24.3 Å². The number of aromatic nitrogens is 5. The third-order valence-electron chi connectivity index (χ3n) is 6.31. The number of nitrogens with zero attached hydrogens (tertiary/aromatic N) is 5. The van der Waals surface area contributed by atoms with Crippen molar-refractivity contribution >= 4 is 39.6 Å². The maximum absolute atomic E-state index is 14.1. The number of alkyl halides is 3. The molecule has 6 aromatic rings. The van der Waals surface area contributed by atoms with Crippen LogP contribution in [-0.4, -0.2) is 30.3 Å². The molecule has 0 aliphatic rings. The number of hydrogen-bond acceptors (Lipinski definition) is 4. The van der Waals surface area contributed by atoms with Crippen molar-refractivity contribution in [3.63, 3.8) is 0 Å². The second kappa shape index (κ2) is 9.76. The minimum absolute atomic E-state index is 0.0511. The number of rotatable bonds is 5. The Morgan fingerprint density at radius 2 is 1.77 bits per heavy atom. The zero-order valence-electron chi connectivity index (χ0n) is 20.3. The summed E-state index contributed by atoms with van der Waals surface area (Å²) in [5.41, 5.74) is -0.0407. The Kier molecular flexibility index (Phi) is 6.22. The van der Waals surface area contributed by atoms with Crippen LogP contribution < -0.4 is 5.32 Å². The lowest BCUT2D eigenvalue weighted by atomic mass is 10.0. The fraction of sp³-hybridized carbons (Fsp3) is 0.0714. The second-order valence-electron chi connectivity index (χ2n) is 8.96. The van der Waals surface area contributed by atoms with Crippen LogP contribution in [0.3, 0.4) is 0 Å². The number of carbonyl (C=O) groups excluding carboxylic acids is 1. The van der Waals surface area contributed by atoms with E-state index in [0.717, 1.165) is 17.6 Å². The summed E-state index contributed by atoms with van der Waals surface area (Å²) in [6.45, 7) is 0.205. The summed E-state index contributed by atoms with van der Waals surface area (Å²) >= 11 is 6.08. The Bertz CT molecular complexity index is 1910. The molecule has 0 spiro atoms. The summed E-state index contributed by atoms with van der Waals surface area (Å²) in [6.07, 6.45) is -0.831. The molecule has 0 saturated carbocycles. The SMILES string of the molecule is O=C(Nc1cnn(Cc2ccc(F)cc2Cl)c1)c1cnn2c(C(F)(F)F)cc(-c3cccc4ccccc34)nc12. The van der Waals surface area contributed by atoms with Gasteiger partial charge in [0, 0.05) is 16.8 Å². The van der Waals surface area contributed by atoms with E-state index in [4.69, 9.17) is 11.6 Å². The summed E-state index contributed by atoms with van der Waals surface area (Å²) in [6, 6.07) is 17.4. The number of nitrogens with one attached hydrogen (secondary N) is 1. The van der Waals surface area contributed by atoms with E-state index in [0.29, 0.717) is 21.0 Å². The fourth-order valence-electron chi connectivity index (χ4n) is 4.45. The summed E-state index contributed by atoms with van der Waals surface area (Å²) in [7, 11) is 0. The van der Waals surface area contributed by atoms with Gasteiger partial charge in [-0.05, 0) is 34.5 Å². The first-order valence-corrected chi connectivity index (χ1v) is 12.3. The zero-order valence-corrected chi connectivity index (χ0v) is 21.1. The number of anilines is 1. The summed E-state index contributed by atoms with van der Waals surface area (Å²) in [5.74, 6) is -1.19. The van der Waals surface area contributed by atoms with Crippen LogP contribution in [0, 0.1) is 5.82 Å². The molecule has 1 amide bonds. The van der Waals surface area contributed by atoms with E-state index in [2.05, 4.69) is 20.5 Å². The van der Waals surface area contributed by atoms with E-state index < -0.39 is 23.6 Å². The molecule has 0 aliphatic heterocycles. The number of hydrogen-bond donors (Lipinski definition) is 1. The summed E-state index contributed by atoms with van der Waals surface area (Å²) in [4.78, 5) is 17.6. The molecule has 0 fully saturated rings. The number of halogens is 5. The van der Waals surface area contributed by atoms with Crippen molar-refractivity contribution in [3.8, 4) is 11.3 Å². The van der Waals surface area contributed by atoms with Crippen LogP contribution in [0.1, 0.15) is 21.6 Å². The average Bonchev–Trinajstić information content (AvgIpc) is 3.55. The molecule has 0 radical (unpaired) electrons. The Morgan fingerprint density at radius 3 is 2.58 bits per heavy atom. The maximum Gasteiger partial charge on any atom is 0.433 e. The van der Waals surface area contributed by atoms with E-state index >= 15 is 0 Å². The van der Waals surface area contributed by atoms with Crippen molar-refractivity contribution in [2.24, 2.45) is 0 Å². The molecular formula is C28H17ClF4N6O. The minimum atomic E-state index is -4.76. The molecule has 0 unspecified atom stereocenters. The maximum atomic E-state index is 14.1. The molecular weight excluding hydrogens is 548 g/mol. The van der Waals surface area contributed by atoms with Gasteiger partial charge < -0.3 is 5.32 Å². The first-order chi connectivity index (χ1) is 19.2. The predicted octanol–water partition coefficient (Wildman–Crippen LogP) is 6.86. The van der Waals surface area contributed by atoms with Crippen molar-refractivity contribution in [2.75, 3.05) is 5.32 Å². The number of fused-ring (bicyclic) bond motifs is 2. The van der Waals surface area contributed by atoms with Gasteiger partial charge in [-0.2, -0.15) is 23.4 Å². The Hall–Kier alpha value is -4.77. The Labute approximate surface area is 228 Å². The van der Waals surface area contributed by atoms with Gasteiger partial charge in [0.1, 0.15) is 11.4 Å². The fourth-order valence-corrected chi connectivity index (χ4v) is 4.68. The summed E-state index contributed by atoms with van der Waals surface area (Å²) < 4.78 is 57.7. The molecule has 1 N–H and O–H groups in total. The average molecular weight is 565 g/mol. The van der Waals surface area contributed by atoms with Gasteiger partial charge >= 0.3 is 6.18 Å². The molecule has 3 aromatic heterocycles. The van der Waals surface area contributed by atoms with Gasteiger partial charge in [0.2, 0.25) is 0 Å². The largest absolute Gasteiger partial charge is 0.433 e. The third kappa shape index (κ3) is 4.75. The highest BCUT2D eigenvalue weighted by molar-refractivity contribution is 6.31. The van der Waals surface area contributed by atoms with Gasteiger partial charge in [-0.1, -0.05) is 60.1 Å². The minimum Gasteiger partial charge on any atom is -0.319 e. The molecule has 12 heteroatoms. The van der Waals surface area contributed by atoms with Crippen molar-refractivity contribution in [2.45, 2.75) is 12.7 Å². The molecule has 0 bridgehead atoms. The lowest BCUT2D eigenvalue weighted by Crippen LogP contribution is -2.15. The van der Waals surface area contributed by atoms with E-state index in [1.165, 1.54) is 35.3 Å². The first kappa shape index (κ1) is 25.5. The van der Waals surface area contributed by atoms with Gasteiger partial charge in [0.15, 0.2) is 11.3 Å². The van der Waals surface area contributed by atoms with E-state index in [1.807, 2.05) is 18.2 Å². The van der Waals surface area contributed by atoms with Gasteiger partial charge in [0.05, 0.1) is 30.3 Å². The molecule has 40 heavy (non-hydrogen) atoms. The van der Waals surface area contributed by atoms with Crippen LogP contribution in [0.2, 0.25) is 5.02 Å². The molecule has 6 rings (SSSR count). The Balaban J connectivity index is 1.36. The van der Waals surface area contributed by atoms with Crippen LogP contribution in [0.15, 0.2) is 85.3 Å². The highest BCUT2D eigenvalue weighted by atomic mass is 35.5. The number of benzene rings is 3. The van der Waals surface area contributed by atoms with Gasteiger partial charge in [-0.3, -0.25) is 9.48 Å². The van der Waals surface area contributed by atoms with Crippen molar-refractivity contribution in [1.82, 2.24) is 24.4 Å². The highest BCUT2D eigenvalue weighted by Crippen LogP contribution is 2.35. The van der Waals surface area contributed by atoms with Crippen molar-refractivity contribution in [1.29, 1.82) is 0 Å². The quantitative estimate of drug-likeness (QED) is 0.232. The van der Waals surface area contributed by atoms with Crippen LogP contribution in [-0.2, 0) is 12.7 Å². The van der Waals surface area contributed by atoms with Crippen molar-refractivity contribution < 1.29 is 22.4 Å². The second-order valence-corrected chi connectivity index (χ2v) is 9.37. The Morgan fingerprint density at radius 1 is 0.975 bits per heavy atom. The van der Waals surface area contributed by atoms with Gasteiger partial charge in [-0.15, -0.1) is 0 Å².